The van der Waals surface area contributed by atoms with Gasteiger partial charge in [0.25, 0.3) is 5.91 Å². The number of amides is 1. The number of unbranched alkanes of at least 4 members (excludes halogenated alkanes) is 1. The van der Waals surface area contributed by atoms with E-state index in [1.807, 2.05) is 24.3 Å². The number of aromatic nitrogens is 1. The second kappa shape index (κ2) is 7.20. The number of carbonyl (C=O) groups excluding carboxylic acids is 1. The van der Waals surface area contributed by atoms with Crippen LogP contribution in [0.4, 0.5) is 0 Å². The molecule has 3 heterocycles. The molecule has 1 amide bonds. The van der Waals surface area contributed by atoms with Crippen LogP contribution in [0.15, 0.2) is 36.7 Å². The van der Waals surface area contributed by atoms with E-state index in [1.54, 1.807) is 17.3 Å². The van der Waals surface area contributed by atoms with Gasteiger partial charge >= 0.3 is 0 Å². The Balaban J connectivity index is 1.66. The predicted octanol–water partition coefficient (Wildman–Crippen LogP) is 1.96. The Morgan fingerprint density at radius 3 is 2.81 bits per heavy atom. The van der Waals surface area contributed by atoms with E-state index >= 15 is 0 Å². The van der Waals surface area contributed by atoms with Crippen molar-refractivity contribution in [1.82, 2.24) is 14.8 Å². The summed E-state index contributed by atoms with van der Waals surface area (Å²) in [6.07, 6.45) is 5.56. The van der Waals surface area contributed by atoms with E-state index in [2.05, 4.69) is 16.8 Å². The van der Waals surface area contributed by atoms with Crippen molar-refractivity contribution >= 4 is 26.5 Å². The first-order valence-electron chi connectivity index (χ1n) is 9.58. The van der Waals surface area contributed by atoms with Crippen molar-refractivity contribution in [1.29, 1.82) is 0 Å². The highest BCUT2D eigenvalue weighted by Crippen LogP contribution is 2.29. The monoisotopic (exact) mass is 387 g/mol. The van der Waals surface area contributed by atoms with Gasteiger partial charge in [-0.3, -0.25) is 14.7 Å². The van der Waals surface area contributed by atoms with Gasteiger partial charge in [-0.2, -0.15) is 0 Å². The summed E-state index contributed by atoms with van der Waals surface area (Å²) in [5.74, 6) is 0.150. The normalized spacial score (nSPS) is 24.9. The zero-order valence-corrected chi connectivity index (χ0v) is 16.4. The molecule has 0 saturated carbocycles. The summed E-state index contributed by atoms with van der Waals surface area (Å²) < 4.78 is 24.7. The lowest BCUT2D eigenvalue weighted by molar-refractivity contribution is 0.0330. The highest BCUT2D eigenvalue weighted by Gasteiger charge is 2.47. The minimum Gasteiger partial charge on any atom is -0.332 e. The molecule has 2 fully saturated rings. The summed E-state index contributed by atoms with van der Waals surface area (Å²) in [6, 6.07) is 7.12. The zero-order chi connectivity index (χ0) is 19.0. The summed E-state index contributed by atoms with van der Waals surface area (Å²) in [6.45, 7) is 4.34. The molecule has 1 aromatic carbocycles. The Labute approximate surface area is 160 Å². The molecule has 2 saturated heterocycles. The lowest BCUT2D eigenvalue weighted by Crippen LogP contribution is -2.60. The van der Waals surface area contributed by atoms with Crippen LogP contribution in [0.25, 0.3) is 10.8 Å². The molecule has 2 aliphatic rings. The average molecular weight is 388 g/mol. The van der Waals surface area contributed by atoms with Gasteiger partial charge < -0.3 is 4.90 Å². The van der Waals surface area contributed by atoms with Crippen molar-refractivity contribution in [3.05, 3.63) is 42.2 Å². The predicted molar refractivity (Wildman–Crippen MR) is 105 cm³/mol. The Morgan fingerprint density at radius 2 is 2.00 bits per heavy atom. The van der Waals surface area contributed by atoms with Gasteiger partial charge in [0.1, 0.15) is 0 Å². The molecule has 0 bridgehead atoms. The first-order valence-corrected chi connectivity index (χ1v) is 11.4. The number of nitrogens with zero attached hydrogens (tertiary/aromatic N) is 3. The Hall–Kier alpha value is -1.99. The Bertz CT molecular complexity index is 955. The van der Waals surface area contributed by atoms with Crippen LogP contribution in [0, 0.1) is 0 Å². The number of carbonyl (C=O) groups is 1. The molecule has 2 aromatic rings. The van der Waals surface area contributed by atoms with Crippen LogP contribution in [0.3, 0.4) is 0 Å². The highest BCUT2D eigenvalue weighted by molar-refractivity contribution is 7.91. The van der Waals surface area contributed by atoms with E-state index in [-0.39, 0.29) is 29.5 Å². The summed E-state index contributed by atoms with van der Waals surface area (Å²) in [5.41, 5.74) is 0.625. The van der Waals surface area contributed by atoms with E-state index in [4.69, 9.17) is 0 Å². The minimum atomic E-state index is -3.12. The molecule has 0 unspecified atom stereocenters. The van der Waals surface area contributed by atoms with Crippen molar-refractivity contribution in [2.45, 2.75) is 31.8 Å². The Kier molecular flexibility index (Phi) is 4.90. The maximum absolute atomic E-state index is 13.4. The lowest BCUT2D eigenvalue weighted by atomic mass is 10.0. The molecule has 1 aromatic heterocycles. The highest BCUT2D eigenvalue weighted by atomic mass is 32.2. The van der Waals surface area contributed by atoms with Gasteiger partial charge in [0.05, 0.1) is 17.5 Å². The number of pyridine rings is 1. The van der Waals surface area contributed by atoms with Crippen LogP contribution < -0.4 is 0 Å². The smallest absolute Gasteiger partial charge is 0.254 e. The van der Waals surface area contributed by atoms with Crippen molar-refractivity contribution in [2.24, 2.45) is 0 Å². The number of benzene rings is 1. The number of hydrogen-bond acceptors (Lipinski definition) is 5. The quantitative estimate of drug-likeness (QED) is 0.802. The van der Waals surface area contributed by atoms with Crippen LogP contribution in [0.2, 0.25) is 0 Å². The maximum atomic E-state index is 13.4. The van der Waals surface area contributed by atoms with E-state index in [9.17, 15) is 13.2 Å². The van der Waals surface area contributed by atoms with Gasteiger partial charge in [-0.05, 0) is 30.5 Å². The number of rotatable bonds is 4. The molecular weight excluding hydrogens is 362 g/mol. The molecule has 4 rings (SSSR count). The van der Waals surface area contributed by atoms with Crippen LogP contribution in [-0.2, 0) is 9.84 Å². The van der Waals surface area contributed by atoms with Crippen molar-refractivity contribution < 1.29 is 13.2 Å². The number of hydrogen-bond donors (Lipinski definition) is 0. The maximum Gasteiger partial charge on any atom is 0.254 e. The van der Waals surface area contributed by atoms with Gasteiger partial charge in [0.2, 0.25) is 0 Å². The lowest BCUT2D eigenvalue weighted by Gasteiger charge is -2.44. The largest absolute Gasteiger partial charge is 0.332 e. The molecule has 6 nitrogen and oxygen atoms in total. The fourth-order valence-electron chi connectivity index (χ4n) is 4.38. The van der Waals surface area contributed by atoms with Crippen molar-refractivity contribution in [2.75, 3.05) is 31.1 Å². The molecular formula is C20H25N3O3S. The summed E-state index contributed by atoms with van der Waals surface area (Å²) in [4.78, 5) is 21.6. The third-order valence-electron chi connectivity index (χ3n) is 5.76. The van der Waals surface area contributed by atoms with Gasteiger partial charge in [0.15, 0.2) is 9.84 Å². The zero-order valence-electron chi connectivity index (χ0n) is 15.5. The topological polar surface area (TPSA) is 70.6 Å². The third-order valence-corrected chi connectivity index (χ3v) is 7.46. The molecule has 0 radical (unpaired) electrons. The van der Waals surface area contributed by atoms with Crippen molar-refractivity contribution in [3.63, 3.8) is 0 Å². The fourth-order valence-corrected chi connectivity index (χ4v) is 6.39. The SMILES string of the molecule is CCCCN1CCN(C(=O)c2cccc3cnccc23)[C@@H]2CS(=O)(=O)C[C@@H]21. The minimum absolute atomic E-state index is 0.0678. The number of fused-ring (bicyclic) bond motifs is 2. The number of sulfone groups is 1. The second-order valence-electron chi connectivity index (χ2n) is 7.50. The van der Waals surface area contributed by atoms with Crippen LogP contribution >= 0.6 is 0 Å². The molecule has 7 heteroatoms. The van der Waals surface area contributed by atoms with E-state index in [0.717, 1.165) is 36.7 Å². The van der Waals surface area contributed by atoms with E-state index in [1.165, 1.54) is 0 Å². The molecule has 0 N–H and O–H groups in total. The van der Waals surface area contributed by atoms with Crippen LogP contribution in [0.5, 0.6) is 0 Å². The fraction of sp³-hybridized carbons (Fsp3) is 0.500. The molecule has 0 spiro atoms. The first-order chi connectivity index (χ1) is 13.0. The van der Waals surface area contributed by atoms with E-state index in [0.29, 0.717) is 12.1 Å². The number of piperazine rings is 1. The van der Waals surface area contributed by atoms with Gasteiger partial charge in [-0.15, -0.1) is 0 Å². The molecule has 144 valence electrons. The molecule has 27 heavy (non-hydrogen) atoms. The summed E-state index contributed by atoms with van der Waals surface area (Å²) >= 11 is 0. The standard InChI is InChI=1S/C20H25N3O3S/c1-2-3-9-22-10-11-23(19-14-27(25,26)13-18(19)22)20(24)17-6-4-5-15-12-21-8-7-16(15)17/h4-8,12,18-19H,2-3,9-11,13-14H2,1H3/t18-,19+/m0/s1. The third kappa shape index (κ3) is 3.46. The van der Waals surface area contributed by atoms with Gasteiger partial charge in [0, 0.05) is 42.5 Å². The van der Waals surface area contributed by atoms with Crippen molar-refractivity contribution in [3.8, 4) is 0 Å². The van der Waals surface area contributed by atoms with E-state index < -0.39 is 9.84 Å². The molecule has 2 atom stereocenters. The first kappa shape index (κ1) is 18.4. The molecule has 0 aliphatic carbocycles. The summed E-state index contributed by atoms with van der Waals surface area (Å²) in [5, 5.41) is 1.78. The summed E-state index contributed by atoms with van der Waals surface area (Å²) in [7, 11) is -3.12. The average Bonchev–Trinajstić information content (AvgIpc) is 3.00. The second-order valence-corrected chi connectivity index (χ2v) is 9.66. The van der Waals surface area contributed by atoms with Gasteiger partial charge in [-0.25, -0.2) is 8.42 Å². The molecule has 2 aliphatic heterocycles. The van der Waals surface area contributed by atoms with Gasteiger partial charge in [-0.1, -0.05) is 25.5 Å². The van der Waals surface area contributed by atoms with Crippen LogP contribution in [-0.4, -0.2) is 72.3 Å². The van der Waals surface area contributed by atoms with Crippen LogP contribution in [0.1, 0.15) is 30.1 Å². The Morgan fingerprint density at radius 1 is 1.19 bits per heavy atom.